The summed E-state index contributed by atoms with van der Waals surface area (Å²) in [5, 5.41) is 3.81. The predicted octanol–water partition coefficient (Wildman–Crippen LogP) is 2.75. The number of aromatic nitrogens is 2. The van der Waals surface area contributed by atoms with Crippen LogP contribution in [0.4, 0.5) is 0 Å². The van der Waals surface area contributed by atoms with Gasteiger partial charge in [-0.3, -0.25) is 0 Å². The van der Waals surface area contributed by atoms with Crippen LogP contribution in [0.1, 0.15) is 44.3 Å². The third kappa shape index (κ3) is 2.34. The molecule has 0 spiro atoms. The van der Waals surface area contributed by atoms with Gasteiger partial charge in [0, 0.05) is 6.42 Å². The van der Waals surface area contributed by atoms with Gasteiger partial charge in [0.1, 0.15) is 0 Å². The molecule has 0 atom stereocenters. The first-order valence-electron chi connectivity index (χ1n) is 5.53. The van der Waals surface area contributed by atoms with Crippen LogP contribution in [0, 0.1) is 18.8 Å². The summed E-state index contributed by atoms with van der Waals surface area (Å²) in [5.74, 6) is 3.26. The molecule has 3 heteroatoms. The molecule has 1 fully saturated rings. The molecular weight excluding hydrogens is 176 g/mol. The van der Waals surface area contributed by atoms with Gasteiger partial charge in [-0.25, -0.2) is 0 Å². The molecule has 0 unspecified atom stereocenters. The Labute approximate surface area is 84.9 Å². The molecule has 3 nitrogen and oxygen atoms in total. The Balaban J connectivity index is 1.86. The quantitative estimate of drug-likeness (QED) is 0.726. The maximum Gasteiger partial charge on any atom is 0.226 e. The summed E-state index contributed by atoms with van der Waals surface area (Å²) in [6.45, 7) is 4.21. The van der Waals surface area contributed by atoms with E-state index in [4.69, 9.17) is 4.52 Å². The van der Waals surface area contributed by atoms with E-state index in [1.54, 1.807) is 0 Å². The standard InChI is InChI=1S/C11H18N2O/c1-8-3-5-10(6-4-8)7-11-12-9(2)13-14-11/h8,10H,3-7H2,1-2H3. The Kier molecular flexibility index (Phi) is 2.85. The average molecular weight is 194 g/mol. The molecule has 2 rings (SSSR count). The minimum absolute atomic E-state index is 0.754. The van der Waals surface area contributed by atoms with E-state index in [1.807, 2.05) is 6.92 Å². The van der Waals surface area contributed by atoms with Crippen LogP contribution in [-0.2, 0) is 6.42 Å². The maximum absolute atomic E-state index is 5.13. The molecule has 0 radical (unpaired) electrons. The lowest BCUT2D eigenvalue weighted by Crippen LogP contribution is -2.14. The fourth-order valence-electron chi connectivity index (χ4n) is 2.20. The zero-order chi connectivity index (χ0) is 9.97. The molecule has 1 saturated carbocycles. The molecule has 0 saturated heterocycles. The van der Waals surface area contributed by atoms with Crippen LogP contribution >= 0.6 is 0 Å². The van der Waals surface area contributed by atoms with Crippen molar-refractivity contribution < 1.29 is 4.52 Å². The molecule has 0 aromatic carbocycles. The van der Waals surface area contributed by atoms with Gasteiger partial charge in [0.25, 0.3) is 0 Å². The molecule has 1 aliphatic rings. The summed E-state index contributed by atoms with van der Waals surface area (Å²) in [7, 11) is 0. The average Bonchev–Trinajstić information content (AvgIpc) is 2.56. The van der Waals surface area contributed by atoms with Crippen molar-refractivity contribution in [3.05, 3.63) is 11.7 Å². The van der Waals surface area contributed by atoms with Crippen LogP contribution in [0.3, 0.4) is 0 Å². The van der Waals surface area contributed by atoms with Crippen LogP contribution < -0.4 is 0 Å². The Bertz CT molecular complexity index is 287. The van der Waals surface area contributed by atoms with Crippen molar-refractivity contribution >= 4 is 0 Å². The molecule has 0 bridgehead atoms. The molecule has 14 heavy (non-hydrogen) atoms. The highest BCUT2D eigenvalue weighted by Gasteiger charge is 2.20. The molecule has 0 aliphatic heterocycles. The molecule has 0 N–H and O–H groups in total. The van der Waals surface area contributed by atoms with Crippen LogP contribution in [-0.4, -0.2) is 10.1 Å². The molecule has 1 aromatic rings. The second kappa shape index (κ2) is 4.11. The molecule has 1 aromatic heterocycles. The number of hydrogen-bond donors (Lipinski definition) is 0. The van der Waals surface area contributed by atoms with Crippen molar-refractivity contribution in [2.24, 2.45) is 11.8 Å². The summed E-state index contributed by atoms with van der Waals surface area (Å²) in [4.78, 5) is 4.25. The molecule has 1 aliphatic carbocycles. The fraction of sp³-hybridized carbons (Fsp3) is 0.818. The monoisotopic (exact) mass is 194 g/mol. The van der Waals surface area contributed by atoms with Gasteiger partial charge in [0.15, 0.2) is 5.82 Å². The third-order valence-corrected chi connectivity index (χ3v) is 3.17. The van der Waals surface area contributed by atoms with E-state index in [0.29, 0.717) is 0 Å². The van der Waals surface area contributed by atoms with Crippen molar-refractivity contribution in [1.82, 2.24) is 10.1 Å². The van der Waals surface area contributed by atoms with Crippen LogP contribution in [0.25, 0.3) is 0 Å². The van der Waals surface area contributed by atoms with Crippen molar-refractivity contribution in [3.8, 4) is 0 Å². The van der Waals surface area contributed by atoms with Gasteiger partial charge in [0.05, 0.1) is 0 Å². The Morgan fingerprint density at radius 1 is 1.29 bits per heavy atom. The SMILES string of the molecule is Cc1noc(CC2CCC(C)CC2)n1. The minimum atomic E-state index is 0.754. The lowest BCUT2D eigenvalue weighted by atomic mass is 9.81. The Morgan fingerprint density at radius 2 is 2.00 bits per heavy atom. The molecule has 0 amide bonds. The lowest BCUT2D eigenvalue weighted by molar-refractivity contribution is 0.264. The van der Waals surface area contributed by atoms with Crippen molar-refractivity contribution in [3.63, 3.8) is 0 Å². The molecular formula is C11H18N2O. The predicted molar refractivity (Wildman–Crippen MR) is 53.9 cm³/mol. The summed E-state index contributed by atoms with van der Waals surface area (Å²) in [5.41, 5.74) is 0. The summed E-state index contributed by atoms with van der Waals surface area (Å²) < 4.78 is 5.13. The van der Waals surface area contributed by atoms with E-state index in [-0.39, 0.29) is 0 Å². The number of aryl methyl sites for hydroxylation is 1. The first kappa shape index (κ1) is 9.69. The highest BCUT2D eigenvalue weighted by molar-refractivity contribution is 4.86. The van der Waals surface area contributed by atoms with Gasteiger partial charge in [-0.05, 0) is 31.6 Å². The number of nitrogens with zero attached hydrogens (tertiary/aromatic N) is 2. The third-order valence-electron chi connectivity index (χ3n) is 3.17. The van der Waals surface area contributed by atoms with E-state index in [2.05, 4.69) is 17.1 Å². The molecule has 1 heterocycles. The summed E-state index contributed by atoms with van der Waals surface area (Å²) in [6, 6.07) is 0. The zero-order valence-electron chi connectivity index (χ0n) is 8.99. The minimum Gasteiger partial charge on any atom is -0.339 e. The van der Waals surface area contributed by atoms with Gasteiger partial charge in [-0.2, -0.15) is 4.98 Å². The fourth-order valence-corrected chi connectivity index (χ4v) is 2.20. The van der Waals surface area contributed by atoms with E-state index in [0.717, 1.165) is 30.0 Å². The first-order chi connectivity index (χ1) is 6.74. The first-order valence-corrected chi connectivity index (χ1v) is 5.53. The van der Waals surface area contributed by atoms with Crippen LogP contribution in [0.15, 0.2) is 4.52 Å². The summed E-state index contributed by atoms with van der Waals surface area (Å²) >= 11 is 0. The molecule has 78 valence electrons. The van der Waals surface area contributed by atoms with Crippen molar-refractivity contribution in [1.29, 1.82) is 0 Å². The Hall–Kier alpha value is -0.860. The normalized spacial score (nSPS) is 27.9. The maximum atomic E-state index is 5.13. The van der Waals surface area contributed by atoms with Gasteiger partial charge in [-0.1, -0.05) is 24.9 Å². The van der Waals surface area contributed by atoms with Crippen LogP contribution in [0.2, 0.25) is 0 Å². The highest BCUT2D eigenvalue weighted by Crippen LogP contribution is 2.30. The van der Waals surface area contributed by atoms with Crippen molar-refractivity contribution in [2.45, 2.75) is 46.0 Å². The summed E-state index contributed by atoms with van der Waals surface area (Å²) in [6.07, 6.45) is 6.34. The topological polar surface area (TPSA) is 38.9 Å². The second-order valence-electron chi connectivity index (χ2n) is 4.57. The highest BCUT2D eigenvalue weighted by atomic mass is 16.5. The van der Waals surface area contributed by atoms with E-state index < -0.39 is 0 Å². The van der Waals surface area contributed by atoms with Crippen molar-refractivity contribution in [2.75, 3.05) is 0 Å². The number of hydrogen-bond acceptors (Lipinski definition) is 3. The van der Waals surface area contributed by atoms with Gasteiger partial charge < -0.3 is 4.52 Å². The second-order valence-corrected chi connectivity index (χ2v) is 4.57. The van der Waals surface area contributed by atoms with Gasteiger partial charge in [-0.15, -0.1) is 0 Å². The smallest absolute Gasteiger partial charge is 0.226 e. The zero-order valence-corrected chi connectivity index (χ0v) is 8.99. The van der Waals surface area contributed by atoms with Gasteiger partial charge in [0.2, 0.25) is 5.89 Å². The van der Waals surface area contributed by atoms with Gasteiger partial charge >= 0.3 is 0 Å². The number of rotatable bonds is 2. The van der Waals surface area contributed by atoms with E-state index in [9.17, 15) is 0 Å². The Morgan fingerprint density at radius 3 is 2.57 bits per heavy atom. The van der Waals surface area contributed by atoms with E-state index in [1.165, 1.54) is 25.7 Å². The van der Waals surface area contributed by atoms with Crippen LogP contribution in [0.5, 0.6) is 0 Å². The van der Waals surface area contributed by atoms with E-state index >= 15 is 0 Å². The largest absolute Gasteiger partial charge is 0.339 e. The lowest BCUT2D eigenvalue weighted by Gasteiger charge is -2.24.